The molecule has 0 aliphatic heterocycles. The molecule has 0 unspecified atom stereocenters. The zero-order valence-electron chi connectivity index (χ0n) is 9.90. The molecule has 0 spiro atoms. The molecule has 0 aliphatic rings. The van der Waals surface area contributed by atoms with Crippen LogP contribution in [-0.2, 0) is 9.53 Å². The van der Waals surface area contributed by atoms with Crippen molar-refractivity contribution in [2.24, 2.45) is 0 Å². The Kier molecular flexibility index (Phi) is 8.79. The van der Waals surface area contributed by atoms with Crippen LogP contribution in [0.15, 0.2) is 0 Å². The fraction of sp³-hybridized carbons (Fsp3) is 0.900. The van der Waals surface area contributed by atoms with Gasteiger partial charge in [0.25, 0.3) is 0 Å². The van der Waals surface area contributed by atoms with Gasteiger partial charge in [0.05, 0.1) is 6.61 Å². The second kappa shape index (κ2) is 9.23. The summed E-state index contributed by atoms with van der Waals surface area (Å²) in [5.41, 5.74) is 0. The summed E-state index contributed by atoms with van der Waals surface area (Å²) in [6.45, 7) is 2.52. The molecule has 0 atom stereocenters. The van der Waals surface area contributed by atoms with Crippen LogP contribution >= 0.6 is 0 Å². The van der Waals surface area contributed by atoms with Crippen LogP contribution in [0.3, 0.4) is 0 Å². The first-order valence-electron chi connectivity index (χ1n) is 5.57. The Hall–Kier alpha value is -0.820. The zero-order valence-corrected chi connectivity index (χ0v) is 9.90. The Morgan fingerprint density at radius 2 is 1.94 bits per heavy atom. The van der Waals surface area contributed by atoms with E-state index in [1.54, 1.807) is 0 Å². The van der Waals surface area contributed by atoms with E-state index in [-0.39, 0.29) is 18.9 Å². The number of nitrogens with one attached hydrogen (secondary N) is 2. The van der Waals surface area contributed by atoms with E-state index in [1.165, 1.54) is 0 Å². The highest BCUT2D eigenvalue weighted by molar-refractivity contribution is 5.75. The van der Waals surface area contributed by atoms with E-state index in [4.69, 9.17) is 0 Å². The molecule has 0 saturated carbocycles. The average molecular weight is 256 g/mol. The molecule has 4 nitrogen and oxygen atoms in total. The van der Waals surface area contributed by atoms with Crippen molar-refractivity contribution in [1.82, 2.24) is 10.6 Å². The molecule has 0 aromatic heterocycles. The van der Waals surface area contributed by atoms with Gasteiger partial charge in [-0.25, -0.2) is 0 Å². The van der Waals surface area contributed by atoms with Crippen LogP contribution in [0.1, 0.15) is 19.8 Å². The Bertz CT molecular complexity index is 210. The van der Waals surface area contributed by atoms with Crippen LogP contribution in [0.4, 0.5) is 13.2 Å². The predicted molar refractivity (Wildman–Crippen MR) is 57.7 cm³/mol. The number of amides is 1. The third-order valence-corrected chi connectivity index (χ3v) is 1.79. The van der Waals surface area contributed by atoms with Gasteiger partial charge in [-0.15, -0.1) is 0 Å². The smallest absolute Gasteiger partial charge is 0.372 e. The standard InChI is InChI=1S/C10H19F3N2O2/c1-2-4-14-5-6-15-9(16)3-7-17-8-10(11,12)13/h14H,2-8H2,1H3,(H,15,16). The van der Waals surface area contributed by atoms with Crippen LogP contribution in [-0.4, -0.2) is 44.9 Å². The molecule has 0 aromatic carbocycles. The zero-order chi connectivity index (χ0) is 13.1. The summed E-state index contributed by atoms with van der Waals surface area (Å²) in [5, 5.41) is 5.66. The van der Waals surface area contributed by atoms with Crippen LogP contribution in [0.2, 0.25) is 0 Å². The lowest BCUT2D eigenvalue weighted by Crippen LogP contribution is -2.32. The fourth-order valence-corrected chi connectivity index (χ4v) is 1.03. The molecule has 102 valence electrons. The molecule has 0 fully saturated rings. The maximum Gasteiger partial charge on any atom is 0.411 e. The minimum absolute atomic E-state index is 0.0517. The highest BCUT2D eigenvalue weighted by Crippen LogP contribution is 2.14. The van der Waals surface area contributed by atoms with E-state index in [9.17, 15) is 18.0 Å². The molecule has 0 rings (SSSR count). The first-order valence-corrected chi connectivity index (χ1v) is 5.57. The predicted octanol–water partition coefficient (Wildman–Crippen LogP) is 1.07. The van der Waals surface area contributed by atoms with E-state index >= 15 is 0 Å². The largest absolute Gasteiger partial charge is 0.411 e. The summed E-state index contributed by atoms with van der Waals surface area (Å²) in [4.78, 5) is 11.1. The van der Waals surface area contributed by atoms with Crippen LogP contribution in [0.5, 0.6) is 0 Å². The lowest BCUT2D eigenvalue weighted by Gasteiger charge is -2.08. The van der Waals surface area contributed by atoms with Gasteiger partial charge in [-0.3, -0.25) is 4.79 Å². The summed E-state index contributed by atoms with van der Waals surface area (Å²) in [7, 11) is 0. The number of alkyl halides is 3. The van der Waals surface area contributed by atoms with E-state index in [0.717, 1.165) is 13.0 Å². The second-order valence-corrected chi connectivity index (χ2v) is 3.52. The quantitative estimate of drug-likeness (QED) is 0.607. The van der Waals surface area contributed by atoms with Crippen molar-refractivity contribution in [3.63, 3.8) is 0 Å². The average Bonchev–Trinajstić information content (AvgIpc) is 2.23. The third kappa shape index (κ3) is 13.1. The van der Waals surface area contributed by atoms with Gasteiger partial charge in [0.2, 0.25) is 5.91 Å². The normalized spacial score (nSPS) is 11.5. The monoisotopic (exact) mass is 256 g/mol. The highest BCUT2D eigenvalue weighted by Gasteiger charge is 2.27. The minimum Gasteiger partial charge on any atom is -0.372 e. The summed E-state index contributed by atoms with van der Waals surface area (Å²) in [5.74, 6) is -0.300. The van der Waals surface area contributed by atoms with Gasteiger partial charge >= 0.3 is 6.18 Å². The Morgan fingerprint density at radius 1 is 1.24 bits per heavy atom. The molecule has 0 saturated heterocycles. The number of hydrogen-bond donors (Lipinski definition) is 2. The maximum absolute atomic E-state index is 11.7. The summed E-state index contributed by atoms with van der Waals surface area (Å²) in [6.07, 6.45) is -3.37. The maximum atomic E-state index is 11.7. The molecule has 0 aliphatic carbocycles. The van der Waals surface area contributed by atoms with Crippen LogP contribution in [0, 0.1) is 0 Å². The Balaban J connectivity index is 3.29. The van der Waals surface area contributed by atoms with Crippen LogP contribution < -0.4 is 10.6 Å². The summed E-state index contributed by atoms with van der Waals surface area (Å²) in [6, 6.07) is 0. The van der Waals surface area contributed by atoms with Gasteiger partial charge in [0.15, 0.2) is 0 Å². The van der Waals surface area contributed by atoms with Crippen molar-refractivity contribution in [3.8, 4) is 0 Å². The van der Waals surface area contributed by atoms with Gasteiger partial charge in [-0.1, -0.05) is 6.92 Å². The van der Waals surface area contributed by atoms with Crippen molar-refractivity contribution in [1.29, 1.82) is 0 Å². The molecule has 17 heavy (non-hydrogen) atoms. The molecule has 7 heteroatoms. The van der Waals surface area contributed by atoms with Crippen molar-refractivity contribution in [3.05, 3.63) is 0 Å². The number of carbonyl (C=O) groups excluding carboxylic acids is 1. The second-order valence-electron chi connectivity index (χ2n) is 3.52. The van der Waals surface area contributed by atoms with E-state index in [0.29, 0.717) is 13.1 Å². The number of halogens is 3. The fourth-order valence-electron chi connectivity index (χ4n) is 1.03. The summed E-state index contributed by atoms with van der Waals surface area (Å²) >= 11 is 0. The van der Waals surface area contributed by atoms with E-state index in [1.807, 2.05) is 6.92 Å². The van der Waals surface area contributed by atoms with E-state index < -0.39 is 12.8 Å². The molecule has 0 radical (unpaired) electrons. The van der Waals surface area contributed by atoms with Gasteiger partial charge in [0, 0.05) is 19.5 Å². The van der Waals surface area contributed by atoms with Crippen molar-refractivity contribution in [2.45, 2.75) is 25.9 Å². The first-order chi connectivity index (χ1) is 7.95. The van der Waals surface area contributed by atoms with Crippen molar-refractivity contribution >= 4 is 5.91 Å². The molecule has 1 amide bonds. The molecule has 0 bridgehead atoms. The molecule has 2 N–H and O–H groups in total. The number of carbonyl (C=O) groups is 1. The Labute approximate surface area is 98.9 Å². The van der Waals surface area contributed by atoms with Gasteiger partial charge in [0.1, 0.15) is 6.61 Å². The molecular weight excluding hydrogens is 237 g/mol. The first kappa shape index (κ1) is 16.2. The lowest BCUT2D eigenvalue weighted by molar-refractivity contribution is -0.174. The topological polar surface area (TPSA) is 50.4 Å². The van der Waals surface area contributed by atoms with Gasteiger partial charge in [-0.2, -0.15) is 13.2 Å². The minimum atomic E-state index is -4.33. The number of hydrogen-bond acceptors (Lipinski definition) is 3. The SMILES string of the molecule is CCCNCCNC(=O)CCOCC(F)(F)F. The third-order valence-electron chi connectivity index (χ3n) is 1.79. The van der Waals surface area contributed by atoms with Crippen molar-refractivity contribution < 1.29 is 22.7 Å². The number of ether oxygens (including phenoxy) is 1. The molecule has 0 aromatic rings. The van der Waals surface area contributed by atoms with E-state index in [2.05, 4.69) is 15.4 Å². The molecule has 0 heterocycles. The summed E-state index contributed by atoms with van der Waals surface area (Å²) < 4.78 is 39.3. The van der Waals surface area contributed by atoms with Crippen LogP contribution in [0.25, 0.3) is 0 Å². The molecular formula is C10H19F3N2O2. The highest BCUT2D eigenvalue weighted by atomic mass is 19.4. The Morgan fingerprint density at radius 3 is 2.53 bits per heavy atom. The van der Waals surface area contributed by atoms with Gasteiger partial charge in [-0.05, 0) is 13.0 Å². The lowest BCUT2D eigenvalue weighted by atomic mass is 10.4. The van der Waals surface area contributed by atoms with Gasteiger partial charge < -0.3 is 15.4 Å². The van der Waals surface area contributed by atoms with Crippen molar-refractivity contribution in [2.75, 3.05) is 32.8 Å². The number of rotatable bonds is 9.